The third-order valence-corrected chi connectivity index (χ3v) is 2.45. The third kappa shape index (κ3) is 4.46. The molecular weight excluding hydrogens is 125 g/mol. The van der Waals surface area contributed by atoms with Crippen LogP contribution in [0.2, 0.25) is 5.25 Å². The van der Waals surface area contributed by atoms with Gasteiger partial charge < -0.3 is 0 Å². The molecule has 0 aromatic rings. The van der Waals surface area contributed by atoms with Crippen molar-refractivity contribution in [1.29, 1.82) is 0 Å². The predicted octanol–water partition coefficient (Wildman–Crippen LogP) is -0.856. The predicted molar refractivity (Wildman–Crippen MR) is 26.0 cm³/mol. The molecule has 32 valence electrons. The molecule has 4 N–H and O–H groups in total. The zero-order valence-electron chi connectivity index (χ0n) is 3.44. The second-order valence-corrected chi connectivity index (χ2v) is 5.57. The average Bonchev–Trinajstić information content (AvgIpc) is 1.38. The summed E-state index contributed by atoms with van der Waals surface area (Å²) < 4.78 is 10.5. The van der Waals surface area contributed by atoms with Crippen molar-refractivity contribution in [3.63, 3.8) is 0 Å². The fourth-order valence-electron chi connectivity index (χ4n) is 0. The summed E-state index contributed by atoms with van der Waals surface area (Å²) in [6, 6.07) is 0. The van der Waals surface area contributed by atoms with E-state index in [4.69, 9.17) is 9.38 Å². The van der Waals surface area contributed by atoms with Gasteiger partial charge in [-0.05, 0) is 0 Å². The summed E-state index contributed by atoms with van der Waals surface area (Å²) in [5.74, 6) is 0. The number of nitrogens with two attached hydrogens (primary N) is 2. The van der Waals surface area contributed by atoms with Crippen molar-refractivity contribution in [2.75, 3.05) is 0 Å². The summed E-state index contributed by atoms with van der Waals surface area (Å²) in [5.41, 5.74) is 0. The Bertz CT molecular complexity index is 21.6. The summed E-state index contributed by atoms with van der Waals surface area (Å²) in [6.07, 6.45) is 0. The van der Waals surface area contributed by atoms with Crippen molar-refractivity contribution >= 4 is 14.8 Å². The summed E-state index contributed by atoms with van der Waals surface area (Å²) >= 11 is -1.51. The average molecular weight is 135 g/mol. The van der Waals surface area contributed by atoms with Gasteiger partial charge in [0.2, 0.25) is 0 Å². The normalized spacial score (nSPS) is 9.60. The molecule has 0 aromatic heterocycles. The van der Waals surface area contributed by atoms with E-state index in [0.29, 0.717) is 0 Å². The molecule has 0 saturated heterocycles. The zero-order valence-corrected chi connectivity index (χ0v) is 5.86. The number of rotatable bonds is 1. The van der Waals surface area contributed by atoms with E-state index in [9.17, 15) is 0 Å². The van der Waals surface area contributed by atoms with Crippen LogP contribution in [-0.2, 0) is 0 Å². The van der Waals surface area contributed by atoms with Crippen molar-refractivity contribution in [1.82, 2.24) is 0 Å². The number of hydrogen-bond acceptors (Lipinski definition) is 2. The van der Waals surface area contributed by atoms with E-state index in [2.05, 4.69) is 0 Å². The van der Waals surface area contributed by atoms with E-state index in [1.54, 1.807) is 0 Å². The topological polar surface area (TPSA) is 52.0 Å². The molecule has 0 amide bonds. The van der Waals surface area contributed by atoms with Crippen molar-refractivity contribution in [3.8, 4) is 0 Å². The van der Waals surface area contributed by atoms with Crippen LogP contribution in [0.3, 0.4) is 0 Å². The van der Waals surface area contributed by atoms with Crippen molar-refractivity contribution in [2.24, 2.45) is 9.38 Å². The maximum absolute atomic E-state index is 5.26. The fourth-order valence-corrected chi connectivity index (χ4v) is 0. The molecule has 0 spiro atoms. The van der Waals surface area contributed by atoms with Crippen molar-refractivity contribution in [3.05, 3.63) is 0 Å². The Hall–Kier alpha value is 0.463. The molecule has 0 unspecified atom stereocenters. The van der Waals surface area contributed by atoms with Crippen LogP contribution in [0.5, 0.6) is 0 Å². The van der Waals surface area contributed by atoms with Gasteiger partial charge >= 0.3 is 36.4 Å². The van der Waals surface area contributed by atoms with Gasteiger partial charge in [-0.3, -0.25) is 0 Å². The van der Waals surface area contributed by atoms with E-state index >= 15 is 0 Å². The second kappa shape index (κ2) is 2.69. The molecular formula is C2H10GeN2. The van der Waals surface area contributed by atoms with Gasteiger partial charge in [0.15, 0.2) is 0 Å². The summed E-state index contributed by atoms with van der Waals surface area (Å²) in [4.78, 5) is 0. The van der Waals surface area contributed by atoms with Crippen LogP contribution in [0.25, 0.3) is 0 Å². The van der Waals surface area contributed by atoms with Gasteiger partial charge in [0.25, 0.3) is 0 Å². The third-order valence-electron chi connectivity index (χ3n) is 0.471. The Morgan fingerprint density at radius 1 is 1.60 bits per heavy atom. The Morgan fingerprint density at radius 3 is 1.80 bits per heavy atom. The molecule has 0 aliphatic carbocycles. The maximum atomic E-state index is 5.26. The fraction of sp³-hybridized carbons (Fsp3) is 1.00. The minimum absolute atomic E-state index is 1.05. The van der Waals surface area contributed by atoms with Crippen LogP contribution in [0.1, 0.15) is 6.92 Å². The molecule has 0 atom stereocenters. The van der Waals surface area contributed by atoms with Gasteiger partial charge in [0.1, 0.15) is 0 Å². The van der Waals surface area contributed by atoms with Gasteiger partial charge in [-0.25, -0.2) is 0 Å². The van der Waals surface area contributed by atoms with Crippen LogP contribution >= 0.6 is 0 Å². The Labute approximate surface area is 37.1 Å². The van der Waals surface area contributed by atoms with Crippen LogP contribution in [-0.4, -0.2) is 14.8 Å². The van der Waals surface area contributed by atoms with E-state index < -0.39 is 14.8 Å². The Kier molecular flexibility index (Phi) is 2.94. The van der Waals surface area contributed by atoms with E-state index in [1.807, 2.05) is 6.92 Å². The molecule has 0 radical (unpaired) electrons. The van der Waals surface area contributed by atoms with Gasteiger partial charge in [0.05, 0.1) is 0 Å². The summed E-state index contributed by atoms with van der Waals surface area (Å²) in [7, 11) is 0. The van der Waals surface area contributed by atoms with Crippen LogP contribution < -0.4 is 9.38 Å². The van der Waals surface area contributed by atoms with Crippen LogP contribution in [0.15, 0.2) is 0 Å². The van der Waals surface area contributed by atoms with Crippen LogP contribution in [0.4, 0.5) is 0 Å². The quantitative estimate of drug-likeness (QED) is 0.459. The van der Waals surface area contributed by atoms with Crippen LogP contribution in [0, 0.1) is 0 Å². The monoisotopic (exact) mass is 136 g/mol. The molecule has 0 rings (SSSR count). The molecule has 0 aliphatic heterocycles. The van der Waals surface area contributed by atoms with E-state index in [-0.39, 0.29) is 0 Å². The van der Waals surface area contributed by atoms with Gasteiger partial charge in [-0.15, -0.1) is 0 Å². The number of hydrogen-bond donors (Lipinski definition) is 2. The molecule has 2 nitrogen and oxygen atoms in total. The van der Waals surface area contributed by atoms with Gasteiger partial charge in [-0.1, -0.05) is 0 Å². The van der Waals surface area contributed by atoms with Gasteiger partial charge in [-0.2, -0.15) is 0 Å². The first-order valence-corrected chi connectivity index (χ1v) is 6.29. The molecule has 0 heterocycles. The molecule has 0 saturated carbocycles. The van der Waals surface area contributed by atoms with E-state index in [0.717, 1.165) is 5.25 Å². The van der Waals surface area contributed by atoms with Gasteiger partial charge in [0, 0.05) is 0 Å². The Balaban J connectivity index is 2.54. The summed E-state index contributed by atoms with van der Waals surface area (Å²) in [5, 5.41) is 1.05. The molecule has 0 fully saturated rings. The van der Waals surface area contributed by atoms with E-state index in [1.165, 1.54) is 0 Å². The summed E-state index contributed by atoms with van der Waals surface area (Å²) in [6.45, 7) is 2.03. The Morgan fingerprint density at radius 2 is 1.80 bits per heavy atom. The first kappa shape index (κ1) is 5.46. The molecule has 3 heteroatoms. The standard InChI is InChI=1S/C2H10GeN2/c1-2-3(4)5/h3H,2,4-5H2,1H3. The second-order valence-electron chi connectivity index (χ2n) is 1.07. The minimum atomic E-state index is -1.51. The van der Waals surface area contributed by atoms with Crippen molar-refractivity contribution < 1.29 is 0 Å². The SMILES string of the molecule is C[CH2][GeH]([NH2])[NH2]. The molecule has 0 aromatic carbocycles. The molecule has 0 bridgehead atoms. The first-order valence-electron chi connectivity index (χ1n) is 1.78. The first-order chi connectivity index (χ1) is 2.27. The van der Waals surface area contributed by atoms with Crippen molar-refractivity contribution in [2.45, 2.75) is 12.2 Å². The zero-order chi connectivity index (χ0) is 4.28. The molecule has 5 heavy (non-hydrogen) atoms. The molecule has 0 aliphatic rings.